The summed E-state index contributed by atoms with van der Waals surface area (Å²) in [6.45, 7) is 3.95. The van der Waals surface area contributed by atoms with Crippen molar-refractivity contribution < 1.29 is 24.4 Å². The van der Waals surface area contributed by atoms with Crippen LogP contribution in [0.3, 0.4) is 0 Å². The second-order valence-electron chi connectivity index (χ2n) is 7.42. The maximum atomic E-state index is 12.4. The summed E-state index contributed by atoms with van der Waals surface area (Å²) >= 11 is 0. The van der Waals surface area contributed by atoms with Crippen LogP contribution in [0.15, 0.2) is 42.1 Å². The van der Waals surface area contributed by atoms with Gasteiger partial charge in [0.05, 0.1) is 5.94 Å². The van der Waals surface area contributed by atoms with Crippen molar-refractivity contribution in [2.45, 2.75) is 39.1 Å². The van der Waals surface area contributed by atoms with Gasteiger partial charge in [-0.25, -0.2) is 0 Å². The van der Waals surface area contributed by atoms with Crippen molar-refractivity contribution in [3.63, 3.8) is 0 Å². The Morgan fingerprint density at radius 2 is 2.03 bits per heavy atom. The van der Waals surface area contributed by atoms with E-state index in [4.69, 9.17) is 4.74 Å². The minimum Gasteiger partial charge on any atom is -0.426 e. The molecule has 0 fully saturated rings. The van der Waals surface area contributed by atoms with E-state index < -0.39 is 13.1 Å². The topological polar surface area (TPSA) is 108 Å². The zero-order chi connectivity index (χ0) is 21.4. The molecule has 0 heterocycles. The number of nitrogens with one attached hydrogen (secondary N) is 2. The number of carbonyl (C=O) groups is 2. The van der Waals surface area contributed by atoms with Crippen LogP contribution in [0.1, 0.15) is 29.5 Å². The summed E-state index contributed by atoms with van der Waals surface area (Å²) in [7, 11) is -0.195. The molecule has 1 unspecified atom stereocenters. The van der Waals surface area contributed by atoms with Crippen molar-refractivity contribution in [2.75, 3.05) is 13.7 Å². The van der Waals surface area contributed by atoms with Gasteiger partial charge in [0.2, 0.25) is 11.8 Å². The van der Waals surface area contributed by atoms with Gasteiger partial charge in [-0.15, -0.1) is 0 Å². The van der Waals surface area contributed by atoms with E-state index in [1.165, 1.54) is 7.11 Å². The summed E-state index contributed by atoms with van der Waals surface area (Å²) in [4.78, 5) is 24.0. The van der Waals surface area contributed by atoms with Crippen LogP contribution < -0.4 is 10.6 Å². The largest absolute Gasteiger partial charge is 0.475 e. The molecule has 2 atom stereocenters. The molecule has 29 heavy (non-hydrogen) atoms. The summed E-state index contributed by atoms with van der Waals surface area (Å²) in [5.41, 5.74) is 3.83. The van der Waals surface area contributed by atoms with E-state index >= 15 is 0 Å². The van der Waals surface area contributed by atoms with E-state index in [-0.39, 0.29) is 30.8 Å². The Kier molecular flexibility index (Phi) is 8.63. The van der Waals surface area contributed by atoms with Crippen LogP contribution in [-0.2, 0) is 20.7 Å². The second-order valence-corrected chi connectivity index (χ2v) is 7.42. The molecular formula is C21H29BN2O5. The summed E-state index contributed by atoms with van der Waals surface area (Å²) in [5.74, 6) is -1.28. The Bertz CT molecular complexity index is 791. The van der Waals surface area contributed by atoms with Crippen LogP contribution in [0.2, 0.25) is 0 Å². The van der Waals surface area contributed by atoms with Gasteiger partial charge in [0.1, 0.15) is 6.61 Å². The molecule has 0 saturated carbocycles. The van der Waals surface area contributed by atoms with Crippen molar-refractivity contribution in [3.8, 4) is 0 Å². The van der Waals surface area contributed by atoms with Crippen LogP contribution in [-0.4, -0.2) is 48.6 Å². The van der Waals surface area contributed by atoms with Gasteiger partial charge >= 0.3 is 7.12 Å². The van der Waals surface area contributed by atoms with E-state index in [1.54, 1.807) is 6.08 Å². The molecule has 0 aliphatic heterocycles. The first-order chi connectivity index (χ1) is 13.8. The first kappa shape index (κ1) is 22.9. The smallest absolute Gasteiger partial charge is 0.426 e. The molecule has 0 radical (unpaired) electrons. The number of ether oxygens (including phenoxy) is 1. The van der Waals surface area contributed by atoms with Crippen molar-refractivity contribution in [1.29, 1.82) is 0 Å². The van der Waals surface area contributed by atoms with Gasteiger partial charge in [-0.2, -0.15) is 0 Å². The van der Waals surface area contributed by atoms with E-state index in [0.29, 0.717) is 18.5 Å². The fraction of sp³-hybridized carbons (Fsp3) is 0.429. The Hall–Kier alpha value is -2.42. The maximum Gasteiger partial charge on any atom is 0.475 e. The third-order valence-electron chi connectivity index (χ3n) is 4.84. The van der Waals surface area contributed by atoms with Crippen molar-refractivity contribution in [3.05, 3.63) is 58.8 Å². The molecule has 1 aromatic carbocycles. The molecule has 0 aromatic heterocycles. The minimum atomic E-state index is -1.65. The van der Waals surface area contributed by atoms with Crippen molar-refractivity contribution in [1.82, 2.24) is 10.6 Å². The SMILES string of the molecule is COCC(=O)NC1=CCC(CC(=O)N[C@@H](Cc2ccc(C)cc2C)B(O)O)C=C1. The number of rotatable bonds is 9. The molecule has 1 aromatic rings. The number of methoxy groups -OCH3 is 1. The highest BCUT2D eigenvalue weighted by Crippen LogP contribution is 2.19. The average Bonchev–Trinajstić information content (AvgIpc) is 2.65. The van der Waals surface area contributed by atoms with Crippen LogP contribution in [0, 0.1) is 19.8 Å². The predicted molar refractivity (Wildman–Crippen MR) is 112 cm³/mol. The fourth-order valence-electron chi connectivity index (χ4n) is 3.28. The van der Waals surface area contributed by atoms with Crippen LogP contribution in [0.5, 0.6) is 0 Å². The number of hydrogen-bond donors (Lipinski definition) is 4. The van der Waals surface area contributed by atoms with Gasteiger partial charge in [-0.3, -0.25) is 9.59 Å². The highest BCUT2D eigenvalue weighted by molar-refractivity contribution is 6.43. The minimum absolute atomic E-state index is 0.0116. The predicted octanol–water partition coefficient (Wildman–Crippen LogP) is 0.955. The monoisotopic (exact) mass is 400 g/mol. The van der Waals surface area contributed by atoms with Crippen LogP contribution in [0.25, 0.3) is 0 Å². The summed E-state index contributed by atoms with van der Waals surface area (Å²) in [6.07, 6.45) is 6.67. The molecule has 2 amide bonds. The van der Waals surface area contributed by atoms with Gasteiger partial charge in [0.25, 0.3) is 0 Å². The maximum absolute atomic E-state index is 12.4. The molecule has 8 heteroatoms. The molecule has 2 rings (SSSR count). The van der Waals surface area contributed by atoms with Crippen LogP contribution in [0.4, 0.5) is 0 Å². The van der Waals surface area contributed by atoms with Crippen molar-refractivity contribution >= 4 is 18.9 Å². The molecule has 0 spiro atoms. The summed E-state index contributed by atoms with van der Waals surface area (Å²) in [5, 5.41) is 24.9. The normalized spacial score (nSPS) is 16.7. The zero-order valence-corrected chi connectivity index (χ0v) is 17.1. The van der Waals surface area contributed by atoms with Gasteiger partial charge in [-0.05, 0) is 49.8 Å². The van der Waals surface area contributed by atoms with Gasteiger partial charge < -0.3 is 25.4 Å². The third kappa shape index (κ3) is 7.49. The molecule has 0 saturated heterocycles. The molecule has 4 N–H and O–H groups in total. The number of allylic oxidation sites excluding steroid dienone is 3. The van der Waals surface area contributed by atoms with Gasteiger partial charge in [0.15, 0.2) is 0 Å². The first-order valence-corrected chi connectivity index (χ1v) is 9.67. The molecule has 156 valence electrons. The number of hydrogen-bond acceptors (Lipinski definition) is 5. The first-order valence-electron chi connectivity index (χ1n) is 9.67. The highest BCUT2D eigenvalue weighted by Gasteiger charge is 2.27. The Balaban J connectivity index is 1.87. The molecule has 7 nitrogen and oxygen atoms in total. The van der Waals surface area contributed by atoms with E-state index in [0.717, 1.165) is 16.7 Å². The summed E-state index contributed by atoms with van der Waals surface area (Å²) in [6, 6.07) is 5.94. The van der Waals surface area contributed by atoms with E-state index in [2.05, 4.69) is 10.6 Å². The molecular weight excluding hydrogens is 371 g/mol. The lowest BCUT2D eigenvalue weighted by Crippen LogP contribution is -2.48. The number of aryl methyl sites for hydroxylation is 2. The third-order valence-corrected chi connectivity index (χ3v) is 4.84. The van der Waals surface area contributed by atoms with Gasteiger partial charge in [-0.1, -0.05) is 35.9 Å². The highest BCUT2D eigenvalue weighted by atomic mass is 16.5. The lowest BCUT2D eigenvalue weighted by Gasteiger charge is -2.21. The zero-order valence-electron chi connectivity index (χ0n) is 17.1. The fourth-order valence-corrected chi connectivity index (χ4v) is 3.28. The second kappa shape index (κ2) is 10.9. The Morgan fingerprint density at radius 3 is 2.62 bits per heavy atom. The van der Waals surface area contributed by atoms with E-state index in [9.17, 15) is 19.6 Å². The summed E-state index contributed by atoms with van der Waals surface area (Å²) < 4.78 is 4.77. The van der Waals surface area contributed by atoms with Gasteiger partial charge in [0, 0.05) is 19.2 Å². The lowest BCUT2D eigenvalue weighted by molar-refractivity contribution is -0.124. The molecule has 1 aliphatic rings. The quantitative estimate of drug-likeness (QED) is 0.462. The standard InChI is InChI=1S/C21H29BN2O5/c1-14-4-7-17(15(2)10-14)12-19(22(27)28)24-20(25)11-16-5-8-18(9-6-16)23-21(26)13-29-3/h4-5,7-10,16,19,27-28H,6,11-13H2,1-3H3,(H,23,26)(H,24,25)/t16?,19-/m0/s1. The molecule has 0 bridgehead atoms. The number of amides is 2. The van der Waals surface area contributed by atoms with Crippen molar-refractivity contribution in [2.24, 2.45) is 5.92 Å². The molecule has 1 aliphatic carbocycles. The van der Waals surface area contributed by atoms with E-state index in [1.807, 2.05) is 44.2 Å². The Morgan fingerprint density at radius 1 is 1.28 bits per heavy atom. The Labute approximate surface area is 172 Å². The average molecular weight is 400 g/mol. The van der Waals surface area contributed by atoms with Crippen LogP contribution >= 0.6 is 0 Å². The number of carbonyl (C=O) groups excluding carboxylic acids is 2. The lowest BCUT2D eigenvalue weighted by atomic mass is 9.75. The number of benzene rings is 1.